The maximum atomic E-state index is 13.0. The molecule has 0 saturated heterocycles. The Kier molecular flexibility index (Phi) is 6.40. The van der Waals surface area contributed by atoms with Gasteiger partial charge in [-0.05, 0) is 28.8 Å². The quantitative estimate of drug-likeness (QED) is 0.285. The van der Waals surface area contributed by atoms with Crippen molar-refractivity contribution in [1.82, 2.24) is 0 Å². The minimum Gasteiger partial charge on any atom is -0.489 e. The highest BCUT2D eigenvalue weighted by Gasteiger charge is 2.45. The van der Waals surface area contributed by atoms with Crippen molar-refractivity contribution >= 4 is 19.1 Å². The lowest BCUT2D eigenvalue weighted by molar-refractivity contribution is -0.00676. The molecule has 0 fully saturated rings. The van der Waals surface area contributed by atoms with Crippen LogP contribution >= 0.6 is 7.60 Å². The van der Waals surface area contributed by atoms with Crippen molar-refractivity contribution in [3.8, 4) is 0 Å². The van der Waals surface area contributed by atoms with Crippen molar-refractivity contribution in [1.29, 1.82) is 0 Å². The number of benzene rings is 2. The topological polar surface area (TPSA) is 81.2 Å². The van der Waals surface area contributed by atoms with Crippen LogP contribution in [0.2, 0.25) is 0 Å². The molecule has 28 heavy (non-hydrogen) atoms. The largest absolute Gasteiger partial charge is 0.489 e. The molecule has 2 aromatic rings. The molecule has 0 saturated carbocycles. The molecular weight excluding hydrogens is 375 g/mol. The summed E-state index contributed by atoms with van der Waals surface area (Å²) >= 11 is 0. The van der Waals surface area contributed by atoms with Gasteiger partial charge in [0, 0.05) is 14.2 Å². The molecule has 1 aliphatic rings. The van der Waals surface area contributed by atoms with Gasteiger partial charge >= 0.3 is 13.0 Å². The third-order valence-corrected chi connectivity index (χ3v) is 6.37. The van der Waals surface area contributed by atoms with Gasteiger partial charge < -0.3 is 19.3 Å². The zero-order valence-electron chi connectivity index (χ0n) is 15.7. The highest BCUT2D eigenvalue weighted by molar-refractivity contribution is 7.72. The van der Waals surface area contributed by atoms with E-state index in [-0.39, 0.29) is 5.45 Å². The van der Waals surface area contributed by atoms with E-state index < -0.39 is 13.5 Å². The molecule has 0 aliphatic heterocycles. The average molecular weight is 396 g/mol. The normalized spacial score (nSPS) is 15.8. The van der Waals surface area contributed by atoms with Gasteiger partial charge in [0.05, 0.1) is 0 Å². The first-order valence-corrected chi connectivity index (χ1v) is 10.2. The van der Waals surface area contributed by atoms with Gasteiger partial charge in [-0.3, -0.25) is 0 Å². The summed E-state index contributed by atoms with van der Waals surface area (Å²) in [5, 5.41) is 0. The molecule has 1 atom stereocenters. The molecule has 0 spiro atoms. The molecule has 1 unspecified atom stereocenters. The summed E-state index contributed by atoms with van der Waals surface area (Å²) in [4.78, 5) is 3.29. The van der Waals surface area contributed by atoms with E-state index in [1.54, 1.807) is 6.08 Å². The molecule has 144 valence electrons. The fourth-order valence-electron chi connectivity index (χ4n) is 3.03. The fourth-order valence-corrected chi connectivity index (χ4v) is 4.21. The maximum Gasteiger partial charge on any atom is 0.438 e. The first-order valence-electron chi connectivity index (χ1n) is 8.71. The second-order valence-corrected chi connectivity index (χ2v) is 8.29. The molecule has 1 aliphatic carbocycles. The predicted molar refractivity (Wildman–Crippen MR) is 108 cm³/mol. The lowest BCUT2D eigenvalue weighted by Gasteiger charge is -2.16. The van der Waals surface area contributed by atoms with Crippen LogP contribution < -0.4 is 0 Å². The molecule has 3 rings (SSSR count). The van der Waals surface area contributed by atoms with E-state index >= 15 is 0 Å². The lowest BCUT2D eigenvalue weighted by atomic mass is 9.95. The van der Waals surface area contributed by atoms with Gasteiger partial charge in [-0.2, -0.15) is 4.79 Å². The third-order valence-electron chi connectivity index (χ3n) is 4.48. The van der Waals surface area contributed by atoms with E-state index in [1.165, 1.54) is 14.2 Å². The smallest absolute Gasteiger partial charge is 0.438 e. The van der Waals surface area contributed by atoms with E-state index in [2.05, 4.69) is 4.79 Å². The second kappa shape index (κ2) is 8.96. The minimum atomic E-state index is -3.77. The van der Waals surface area contributed by atoms with Gasteiger partial charge in [0.25, 0.3) is 0 Å². The van der Waals surface area contributed by atoms with E-state index in [9.17, 15) is 10.1 Å². The van der Waals surface area contributed by atoms with Gasteiger partial charge in [0.2, 0.25) is 0 Å². The average Bonchev–Trinajstić information content (AvgIpc) is 2.93. The second-order valence-electron chi connectivity index (χ2n) is 6.10. The predicted octanol–water partition coefficient (Wildman–Crippen LogP) is 5.01. The Morgan fingerprint density at radius 1 is 1.04 bits per heavy atom. The highest BCUT2D eigenvalue weighted by Crippen LogP contribution is 2.52. The van der Waals surface area contributed by atoms with Gasteiger partial charge in [-0.1, -0.05) is 60.7 Å². The van der Waals surface area contributed by atoms with Crippen LogP contribution in [0.3, 0.4) is 0 Å². The fraction of sp³-hybridized carbons (Fsp3) is 0.190. The maximum absolute atomic E-state index is 13.0. The van der Waals surface area contributed by atoms with E-state index in [4.69, 9.17) is 13.8 Å². The monoisotopic (exact) mass is 396 g/mol. The van der Waals surface area contributed by atoms with Crippen molar-refractivity contribution in [2.24, 2.45) is 0 Å². The minimum absolute atomic E-state index is 0.102. The van der Waals surface area contributed by atoms with E-state index in [0.717, 1.165) is 16.7 Å². The summed E-state index contributed by atoms with van der Waals surface area (Å²) in [6.45, 7) is 0.373. The number of nitrogens with zero attached hydrogens (tertiary/aromatic N) is 2. The van der Waals surface area contributed by atoms with Crippen LogP contribution in [0, 0.1) is 0 Å². The molecule has 0 N–H and O–H groups in total. The molecule has 6 nitrogen and oxygen atoms in total. The van der Waals surface area contributed by atoms with Gasteiger partial charge in [-0.15, -0.1) is 0 Å². The Labute approximate surface area is 164 Å². The third kappa shape index (κ3) is 4.22. The summed E-state index contributed by atoms with van der Waals surface area (Å²) in [7, 11) is -1.25. The highest BCUT2D eigenvalue weighted by atomic mass is 31.2. The zero-order chi connectivity index (χ0) is 20.0. The van der Waals surface area contributed by atoms with Crippen LogP contribution in [0.1, 0.15) is 22.6 Å². The SMILES string of the molecule is COP(=O)(OC)C(=[N+]=[N-])C1C=C(OCc2ccccc2)C=Cc2ccccc21. The van der Waals surface area contributed by atoms with Crippen LogP contribution in [0.4, 0.5) is 0 Å². The molecule has 7 heteroatoms. The Balaban J connectivity index is 2.01. The Bertz CT molecular complexity index is 986. The summed E-state index contributed by atoms with van der Waals surface area (Å²) in [6.07, 6.45) is 5.50. The van der Waals surface area contributed by atoms with Crippen LogP contribution in [-0.4, -0.2) is 24.5 Å². The number of hydrogen-bond donors (Lipinski definition) is 0. The van der Waals surface area contributed by atoms with Crippen molar-refractivity contribution in [3.05, 3.63) is 94.7 Å². The van der Waals surface area contributed by atoms with E-state index in [1.807, 2.05) is 66.7 Å². The van der Waals surface area contributed by atoms with Crippen LogP contribution in [0.15, 0.2) is 72.5 Å². The molecule has 0 aromatic heterocycles. The van der Waals surface area contributed by atoms with Crippen molar-refractivity contribution in [3.63, 3.8) is 0 Å². The molecule has 0 amide bonds. The molecule has 0 bridgehead atoms. The molecule has 0 heterocycles. The number of ether oxygens (including phenoxy) is 1. The van der Waals surface area contributed by atoms with Gasteiger partial charge in [0.15, 0.2) is 0 Å². The number of fused-ring (bicyclic) bond motifs is 1. The van der Waals surface area contributed by atoms with E-state index in [0.29, 0.717) is 12.4 Å². The van der Waals surface area contributed by atoms with Crippen molar-refractivity contribution in [2.45, 2.75) is 12.5 Å². The first kappa shape index (κ1) is 20.0. The van der Waals surface area contributed by atoms with Crippen LogP contribution in [0.25, 0.3) is 11.6 Å². The van der Waals surface area contributed by atoms with Gasteiger partial charge in [-0.25, -0.2) is 4.57 Å². The van der Waals surface area contributed by atoms with Crippen LogP contribution in [-0.2, 0) is 25.0 Å². The molecule has 2 aromatic carbocycles. The Hall–Kier alpha value is -2.75. The summed E-state index contributed by atoms with van der Waals surface area (Å²) in [6, 6.07) is 17.3. The number of rotatable bonds is 7. The summed E-state index contributed by atoms with van der Waals surface area (Å²) in [5.74, 6) is -0.0855. The zero-order valence-corrected chi connectivity index (χ0v) is 16.6. The number of allylic oxidation sites excluding steroid dienone is 2. The molecule has 0 radical (unpaired) electrons. The van der Waals surface area contributed by atoms with Crippen LogP contribution in [0.5, 0.6) is 0 Å². The Morgan fingerprint density at radius 3 is 2.39 bits per heavy atom. The summed E-state index contributed by atoms with van der Waals surface area (Å²) in [5.41, 5.74) is 12.3. The molecular formula is C21H21N2O4P. The Morgan fingerprint density at radius 2 is 1.71 bits per heavy atom. The van der Waals surface area contributed by atoms with Crippen molar-refractivity contribution < 1.29 is 23.1 Å². The summed E-state index contributed by atoms with van der Waals surface area (Å²) < 4.78 is 29.0. The van der Waals surface area contributed by atoms with Crippen molar-refractivity contribution in [2.75, 3.05) is 14.2 Å². The van der Waals surface area contributed by atoms with Gasteiger partial charge in [0.1, 0.15) is 18.3 Å². The standard InChI is InChI=1S/C21H21N2O4P/c1-25-28(24,26-2)21(23-22)20-14-18(27-15-16-8-4-3-5-9-16)13-12-17-10-6-7-11-19(17)20/h3-14,20H,15H2,1-2H3. The first-order chi connectivity index (χ1) is 13.6. The lowest BCUT2D eigenvalue weighted by Crippen LogP contribution is -2.16. The number of hydrogen-bond acceptors (Lipinski definition) is 4.